The van der Waals surface area contributed by atoms with Gasteiger partial charge in [-0.15, -0.1) is 68.0 Å². The first-order chi connectivity index (χ1) is 37.8. The summed E-state index contributed by atoms with van der Waals surface area (Å²) in [4.78, 5) is 42.5. The number of thioether (sulfide) groups is 2. The summed E-state index contributed by atoms with van der Waals surface area (Å²) in [5, 5.41) is 5.48. The lowest BCUT2D eigenvalue weighted by Crippen LogP contribution is -2.22. The molecule has 9 rings (SSSR count). The normalized spacial score (nSPS) is 17.2. The highest BCUT2D eigenvalue weighted by atomic mass is 32.2. The third-order valence-electron chi connectivity index (χ3n) is 16.7. The zero-order valence-corrected chi connectivity index (χ0v) is 55.9. The summed E-state index contributed by atoms with van der Waals surface area (Å²) >= 11 is 26.0. The monoisotopic (exact) mass is 1230 g/mol. The fraction of sp³-hybridized carbons (Fsp3) is 0.531. The van der Waals surface area contributed by atoms with Gasteiger partial charge in [0.05, 0.1) is 29.0 Å². The molecule has 4 atom stereocenters. The van der Waals surface area contributed by atoms with Crippen LogP contribution in [0, 0.1) is 23.7 Å². The van der Waals surface area contributed by atoms with Crippen LogP contribution in [-0.2, 0) is 35.3 Å². The molecule has 0 spiro atoms. The molecule has 2 saturated heterocycles. The van der Waals surface area contributed by atoms with E-state index in [4.69, 9.17) is 24.4 Å². The molecule has 0 saturated carbocycles. The van der Waals surface area contributed by atoms with Crippen LogP contribution in [0.25, 0.3) is 72.0 Å². The highest BCUT2D eigenvalue weighted by Crippen LogP contribution is 2.55. The van der Waals surface area contributed by atoms with Crippen molar-refractivity contribution in [2.75, 3.05) is 14.1 Å². The lowest BCUT2D eigenvalue weighted by molar-refractivity contribution is -0.122. The minimum absolute atomic E-state index is 0.00385. The number of unbranched alkanes of at least 4 members (excludes halogenated alkanes) is 4. The number of hydrogen-bond acceptors (Lipinski definition) is 12. The molecule has 4 nitrogen and oxygen atoms in total. The first kappa shape index (κ1) is 60.4. The van der Waals surface area contributed by atoms with E-state index in [1.807, 2.05) is 68.0 Å². The summed E-state index contributed by atoms with van der Waals surface area (Å²) < 4.78 is 6.93. The number of thiocarbonyl (C=S) groups is 2. The molecule has 418 valence electrons. The van der Waals surface area contributed by atoms with Crippen molar-refractivity contribution in [2.24, 2.45) is 23.7 Å². The van der Waals surface area contributed by atoms with Crippen LogP contribution in [0.4, 0.5) is 0 Å². The van der Waals surface area contributed by atoms with Crippen LogP contribution < -0.4 is 0 Å². The highest BCUT2D eigenvalue weighted by Gasteiger charge is 2.33. The quantitative estimate of drug-likeness (QED) is 0.0360. The van der Waals surface area contributed by atoms with Crippen molar-refractivity contribution >= 4 is 189 Å². The van der Waals surface area contributed by atoms with Crippen molar-refractivity contribution < 1.29 is 9.59 Å². The first-order valence-corrected chi connectivity index (χ1v) is 36.7. The number of amides is 2. The minimum atomic E-state index is -0.00385. The number of hydrogen-bond donors (Lipinski definition) is 0. The summed E-state index contributed by atoms with van der Waals surface area (Å²) in [5.74, 6) is 2.52. The number of likely N-dealkylation sites (N-methyl/N-ethyl adjacent to an activating group) is 2. The molecule has 78 heavy (non-hydrogen) atoms. The molecule has 1 aromatic carbocycles. The summed E-state index contributed by atoms with van der Waals surface area (Å²) in [6, 6.07) is 10.2. The van der Waals surface area contributed by atoms with E-state index in [0.29, 0.717) is 32.3 Å². The number of fused-ring (bicyclic) bond motifs is 4. The first-order valence-electron chi connectivity index (χ1n) is 29.3. The Morgan fingerprint density at radius 3 is 1.10 bits per heavy atom. The largest absolute Gasteiger partial charge is 0.296 e. The predicted octanol–water partition coefficient (Wildman–Crippen LogP) is 22.7. The molecule has 0 N–H and O–H groups in total. The van der Waals surface area contributed by atoms with Crippen molar-refractivity contribution in [1.29, 1.82) is 0 Å². The van der Waals surface area contributed by atoms with E-state index >= 15 is 0 Å². The van der Waals surface area contributed by atoms with Gasteiger partial charge in [-0.1, -0.05) is 206 Å². The molecule has 6 aromatic heterocycles. The van der Waals surface area contributed by atoms with Crippen LogP contribution >= 0.6 is 116 Å². The fourth-order valence-electron chi connectivity index (χ4n) is 11.6. The van der Waals surface area contributed by atoms with E-state index in [9.17, 15) is 9.59 Å². The summed E-state index contributed by atoms with van der Waals surface area (Å²) in [7, 11) is 3.60. The van der Waals surface area contributed by atoms with Gasteiger partial charge in [-0.3, -0.25) is 19.4 Å². The van der Waals surface area contributed by atoms with Gasteiger partial charge < -0.3 is 0 Å². The van der Waals surface area contributed by atoms with Gasteiger partial charge in [0.25, 0.3) is 11.8 Å². The molecule has 14 heteroatoms. The van der Waals surface area contributed by atoms with Crippen LogP contribution in [-0.4, -0.2) is 44.4 Å². The van der Waals surface area contributed by atoms with Crippen LogP contribution in [0.2, 0.25) is 0 Å². The fourth-order valence-corrected chi connectivity index (χ4v) is 22.2. The third-order valence-corrected chi connectivity index (χ3v) is 27.3. The average Bonchev–Trinajstić information content (AvgIpc) is 4.44. The molecule has 8 heterocycles. The molecule has 2 fully saturated rings. The maximum atomic E-state index is 13.6. The van der Waals surface area contributed by atoms with Gasteiger partial charge in [0.15, 0.2) is 0 Å². The third kappa shape index (κ3) is 12.9. The Kier molecular flexibility index (Phi) is 21.2. The Morgan fingerprint density at radius 1 is 0.449 bits per heavy atom. The van der Waals surface area contributed by atoms with Gasteiger partial charge in [-0.05, 0) is 108 Å². The summed E-state index contributed by atoms with van der Waals surface area (Å²) in [6.07, 6.45) is 28.3. The second-order valence-corrected chi connectivity index (χ2v) is 32.0. The molecule has 2 aliphatic rings. The van der Waals surface area contributed by atoms with Crippen molar-refractivity contribution in [1.82, 2.24) is 9.80 Å². The SMILES string of the molecule is CCCCC(CC)Cc1cc2c(/C=C3\SC(=S)N(C)C3=O)sc(-c3cc4c(CC(CC)CCCC)c5sc(-c6sc(/C=C7\SC(=S)N(C)C7=O)c7cc(CC(CC)CCCC)sc67)cc5c(CC(CC)CCCC)c4s3)c2s1. The topological polar surface area (TPSA) is 40.6 Å². The number of carbonyl (C=O) groups excluding carboxylic acids is 2. The maximum Gasteiger partial charge on any atom is 0.265 e. The average molecular weight is 1230 g/mol. The molecule has 2 amide bonds. The van der Waals surface area contributed by atoms with E-state index < -0.39 is 0 Å². The van der Waals surface area contributed by atoms with Gasteiger partial charge in [0, 0.05) is 63.5 Å². The molecule has 2 aliphatic heterocycles. The number of benzene rings is 1. The number of nitrogens with zero attached hydrogens (tertiary/aromatic N) is 2. The molecule has 0 bridgehead atoms. The lowest BCUT2D eigenvalue weighted by atomic mass is 9.86. The van der Waals surface area contributed by atoms with E-state index in [-0.39, 0.29) is 11.8 Å². The Balaban J connectivity index is 1.27. The van der Waals surface area contributed by atoms with Crippen molar-refractivity contribution in [3.8, 4) is 19.5 Å². The van der Waals surface area contributed by atoms with Gasteiger partial charge in [0.2, 0.25) is 0 Å². The number of carbonyl (C=O) groups is 2. The molecule has 0 aliphatic carbocycles. The summed E-state index contributed by atoms with van der Waals surface area (Å²) in [6.45, 7) is 18.8. The lowest BCUT2D eigenvalue weighted by Gasteiger charge is -2.20. The Bertz CT molecular complexity index is 3090. The zero-order valence-electron chi connectivity index (χ0n) is 47.7. The van der Waals surface area contributed by atoms with E-state index in [1.165, 1.54) is 204 Å². The zero-order chi connectivity index (χ0) is 55.4. The van der Waals surface area contributed by atoms with Crippen molar-refractivity contribution in [2.45, 2.75) is 184 Å². The smallest absolute Gasteiger partial charge is 0.265 e. The molecular weight excluding hydrogens is 1150 g/mol. The molecular formula is C64H80N2O2S10. The summed E-state index contributed by atoms with van der Waals surface area (Å²) in [5.41, 5.74) is 3.07. The second kappa shape index (κ2) is 27.4. The highest BCUT2D eigenvalue weighted by molar-refractivity contribution is 8.27. The van der Waals surface area contributed by atoms with E-state index in [1.54, 1.807) is 23.9 Å². The van der Waals surface area contributed by atoms with Crippen molar-refractivity contribution in [3.63, 3.8) is 0 Å². The van der Waals surface area contributed by atoms with Gasteiger partial charge >= 0.3 is 0 Å². The second-order valence-electron chi connectivity index (χ2n) is 22.1. The Labute approximate surface area is 509 Å². The molecule has 4 unspecified atom stereocenters. The molecule has 7 aromatic rings. The molecule has 0 radical (unpaired) electrons. The standard InChI is InChI=1S/C64H80N2O2S10/c1-11-19-23-37(15-5)27-41-31-47-49(35-53-61(67)65(9)63(69)77-53)73-59(57(47)71-41)51-33-45-43(29-39(17-7)25-21-13-3)56-46(44(55(45)75-51)30-40(18-8)26-22-14-4)34-52(76-56)60-58-48(32-42(72-58)28-38(16-6)24-20-12-2)50(74-60)36-54-62(68)66(10)64(70)78-54/h31-40H,11-30H2,1-10H3/b53-35-,54-36-. The van der Waals surface area contributed by atoms with Gasteiger partial charge in [0.1, 0.15) is 8.64 Å². The van der Waals surface area contributed by atoms with Gasteiger partial charge in [-0.25, -0.2) is 0 Å². The van der Waals surface area contributed by atoms with E-state index in [0.717, 1.165) is 48.3 Å². The Hall–Kier alpha value is -2.24. The van der Waals surface area contributed by atoms with Crippen LogP contribution in [0.15, 0.2) is 34.1 Å². The number of thiophene rings is 6. The number of rotatable bonds is 28. The van der Waals surface area contributed by atoms with Crippen LogP contribution in [0.5, 0.6) is 0 Å². The van der Waals surface area contributed by atoms with Crippen LogP contribution in [0.1, 0.15) is 189 Å². The predicted molar refractivity (Wildman–Crippen MR) is 365 cm³/mol. The minimum Gasteiger partial charge on any atom is -0.296 e. The Morgan fingerprint density at radius 2 is 0.795 bits per heavy atom. The van der Waals surface area contributed by atoms with Crippen LogP contribution in [0.3, 0.4) is 0 Å². The van der Waals surface area contributed by atoms with E-state index in [2.05, 4.69) is 91.8 Å². The van der Waals surface area contributed by atoms with Gasteiger partial charge in [-0.2, -0.15) is 0 Å². The van der Waals surface area contributed by atoms with Crippen molar-refractivity contribution in [3.05, 3.63) is 64.7 Å². The maximum absolute atomic E-state index is 13.6.